The van der Waals surface area contributed by atoms with Gasteiger partial charge >= 0.3 is 11.9 Å². The monoisotopic (exact) mass is 424 g/mol. The van der Waals surface area contributed by atoms with Gasteiger partial charge < -0.3 is 23.2 Å². The summed E-state index contributed by atoms with van der Waals surface area (Å²) in [6.45, 7) is 2.06. The summed E-state index contributed by atoms with van der Waals surface area (Å²) in [5.74, 6) is 0.365. The predicted molar refractivity (Wildman–Crippen MR) is 109 cm³/mol. The molecule has 0 bridgehead atoms. The summed E-state index contributed by atoms with van der Waals surface area (Å²) in [6, 6.07) is 12.6. The summed E-state index contributed by atoms with van der Waals surface area (Å²) in [5.41, 5.74) is 1.31. The van der Waals surface area contributed by atoms with Crippen molar-refractivity contribution < 1.29 is 28.2 Å². The van der Waals surface area contributed by atoms with Crippen LogP contribution < -0.4 is 14.3 Å². The number of carbonyl (C=O) groups excluding carboxylic acids is 2. The van der Waals surface area contributed by atoms with Crippen molar-refractivity contribution in [1.29, 1.82) is 0 Å². The minimum Gasteiger partial charge on any atom is -0.465 e. The molecule has 2 aromatic carbocycles. The highest BCUT2D eigenvalue weighted by Gasteiger charge is 2.20. The van der Waals surface area contributed by atoms with Crippen LogP contribution in [0.25, 0.3) is 21.2 Å². The van der Waals surface area contributed by atoms with E-state index >= 15 is 0 Å². The molecule has 1 aliphatic heterocycles. The van der Waals surface area contributed by atoms with Crippen LogP contribution in [0.1, 0.15) is 17.5 Å². The molecule has 0 aliphatic carbocycles. The molecule has 0 N–H and O–H groups in total. The molecule has 0 unspecified atom stereocenters. The Labute approximate surface area is 173 Å². The summed E-state index contributed by atoms with van der Waals surface area (Å²) >= 11 is 1.27. The van der Waals surface area contributed by atoms with E-state index in [1.54, 1.807) is 29.7 Å². The molecule has 0 atom stereocenters. The van der Waals surface area contributed by atoms with E-state index in [-0.39, 0.29) is 25.7 Å². The number of rotatable bonds is 4. The summed E-state index contributed by atoms with van der Waals surface area (Å²) in [5, 5.41) is 0.817. The topological polar surface area (TPSA) is 92.3 Å². The fourth-order valence-corrected chi connectivity index (χ4v) is 4.30. The van der Waals surface area contributed by atoms with Gasteiger partial charge in [-0.15, -0.1) is 0 Å². The van der Waals surface area contributed by atoms with E-state index in [1.807, 2.05) is 24.3 Å². The maximum Gasteiger partial charge on any atom is 0.326 e. The second-order valence-corrected chi connectivity index (χ2v) is 7.52. The third kappa shape index (κ3) is 3.22. The largest absolute Gasteiger partial charge is 0.465 e. The molecule has 0 radical (unpaired) electrons. The number of esters is 1. The fourth-order valence-electron chi connectivity index (χ4n) is 3.26. The van der Waals surface area contributed by atoms with Gasteiger partial charge in [-0.2, -0.15) is 4.99 Å². The first-order valence-corrected chi connectivity index (χ1v) is 10.1. The first-order valence-electron chi connectivity index (χ1n) is 9.28. The van der Waals surface area contributed by atoms with Crippen LogP contribution in [0.3, 0.4) is 0 Å². The van der Waals surface area contributed by atoms with Crippen LogP contribution in [0.15, 0.2) is 51.9 Å². The van der Waals surface area contributed by atoms with Crippen LogP contribution in [-0.4, -0.2) is 29.8 Å². The zero-order chi connectivity index (χ0) is 20.7. The Morgan fingerprint density at radius 2 is 1.97 bits per heavy atom. The third-order valence-electron chi connectivity index (χ3n) is 4.60. The van der Waals surface area contributed by atoms with Gasteiger partial charge in [0.05, 0.1) is 16.8 Å². The van der Waals surface area contributed by atoms with Crippen molar-refractivity contribution in [2.75, 3.05) is 13.4 Å². The number of amides is 1. The van der Waals surface area contributed by atoms with Gasteiger partial charge in [-0.3, -0.25) is 9.59 Å². The van der Waals surface area contributed by atoms with Crippen LogP contribution in [0.5, 0.6) is 11.5 Å². The van der Waals surface area contributed by atoms with Crippen molar-refractivity contribution in [2.45, 2.75) is 13.5 Å². The van der Waals surface area contributed by atoms with E-state index in [4.69, 9.17) is 18.6 Å². The SMILES string of the molecule is CCOC(=O)Cn1c(=NC(=O)c2cc3ccccc3o2)sc2cc3c(cc21)OCO3. The second kappa shape index (κ2) is 7.34. The van der Waals surface area contributed by atoms with E-state index in [9.17, 15) is 9.59 Å². The average molecular weight is 424 g/mol. The number of hydrogen-bond donors (Lipinski definition) is 0. The predicted octanol–water partition coefficient (Wildman–Crippen LogP) is 3.48. The molecule has 152 valence electrons. The van der Waals surface area contributed by atoms with Crippen LogP contribution in [0.4, 0.5) is 0 Å². The zero-order valence-electron chi connectivity index (χ0n) is 15.9. The Kier molecular flexibility index (Phi) is 4.51. The van der Waals surface area contributed by atoms with Gasteiger partial charge in [-0.05, 0) is 19.1 Å². The van der Waals surface area contributed by atoms with Crippen LogP contribution in [0, 0.1) is 0 Å². The molecule has 0 fully saturated rings. The minimum absolute atomic E-state index is 0.0836. The lowest BCUT2D eigenvalue weighted by atomic mass is 10.2. The van der Waals surface area contributed by atoms with E-state index in [1.165, 1.54) is 11.3 Å². The Bertz CT molecular complexity index is 1330. The molecular formula is C21H16N2O6S. The first-order chi connectivity index (χ1) is 14.6. The van der Waals surface area contributed by atoms with Gasteiger partial charge in [-0.1, -0.05) is 29.5 Å². The van der Waals surface area contributed by atoms with Gasteiger partial charge in [0.25, 0.3) is 0 Å². The molecule has 1 amide bonds. The lowest BCUT2D eigenvalue weighted by Gasteiger charge is -2.05. The quantitative estimate of drug-likeness (QED) is 0.466. The van der Waals surface area contributed by atoms with E-state index in [2.05, 4.69) is 4.99 Å². The zero-order valence-corrected chi connectivity index (χ0v) is 16.7. The highest BCUT2D eigenvalue weighted by Crippen LogP contribution is 2.37. The van der Waals surface area contributed by atoms with Crippen LogP contribution >= 0.6 is 11.3 Å². The number of fused-ring (bicyclic) bond motifs is 3. The minimum atomic E-state index is -0.532. The molecule has 0 saturated heterocycles. The molecule has 8 nitrogen and oxygen atoms in total. The molecular weight excluding hydrogens is 408 g/mol. The lowest BCUT2D eigenvalue weighted by molar-refractivity contribution is -0.143. The Balaban J connectivity index is 1.62. The average Bonchev–Trinajstić information content (AvgIpc) is 3.44. The number of hydrogen-bond acceptors (Lipinski definition) is 7. The van der Waals surface area contributed by atoms with Crippen molar-refractivity contribution >= 4 is 44.4 Å². The second-order valence-electron chi connectivity index (χ2n) is 6.51. The Morgan fingerprint density at radius 1 is 1.17 bits per heavy atom. The normalized spacial score (nSPS) is 13.3. The summed E-state index contributed by atoms with van der Waals surface area (Å²) < 4.78 is 24.0. The van der Waals surface area contributed by atoms with Crippen molar-refractivity contribution in [1.82, 2.24) is 4.57 Å². The summed E-state index contributed by atoms with van der Waals surface area (Å²) in [6.07, 6.45) is 0. The third-order valence-corrected chi connectivity index (χ3v) is 5.64. The molecule has 9 heteroatoms. The van der Waals surface area contributed by atoms with Gasteiger partial charge in [0.1, 0.15) is 12.1 Å². The molecule has 4 aromatic rings. The van der Waals surface area contributed by atoms with E-state index in [0.29, 0.717) is 27.4 Å². The molecule has 3 heterocycles. The van der Waals surface area contributed by atoms with E-state index < -0.39 is 11.9 Å². The number of thiazole rings is 1. The van der Waals surface area contributed by atoms with Crippen molar-refractivity contribution in [3.8, 4) is 11.5 Å². The van der Waals surface area contributed by atoms with Crippen LogP contribution in [0.2, 0.25) is 0 Å². The van der Waals surface area contributed by atoms with Crippen molar-refractivity contribution in [3.63, 3.8) is 0 Å². The molecule has 5 rings (SSSR count). The molecule has 2 aromatic heterocycles. The maximum atomic E-state index is 12.8. The molecule has 0 spiro atoms. The standard InChI is InChI=1S/C21H16N2O6S/c1-2-26-19(24)10-23-13-8-15-16(28-11-27-15)9-18(13)30-21(23)22-20(25)17-7-12-5-3-4-6-14(12)29-17/h3-9H,2,10-11H2,1H3. The summed E-state index contributed by atoms with van der Waals surface area (Å²) in [7, 11) is 0. The number of para-hydroxylation sites is 1. The number of carbonyl (C=O) groups is 2. The lowest BCUT2D eigenvalue weighted by Crippen LogP contribution is -2.23. The number of aromatic nitrogens is 1. The first kappa shape index (κ1) is 18.4. The van der Waals surface area contributed by atoms with Gasteiger partial charge in [0.15, 0.2) is 22.1 Å². The number of benzene rings is 2. The maximum absolute atomic E-state index is 12.8. The van der Waals surface area contributed by atoms with Gasteiger partial charge in [0.2, 0.25) is 6.79 Å². The van der Waals surface area contributed by atoms with Crippen molar-refractivity contribution in [3.05, 3.63) is 53.0 Å². The van der Waals surface area contributed by atoms with Crippen molar-refractivity contribution in [2.24, 2.45) is 4.99 Å². The highest BCUT2D eigenvalue weighted by atomic mass is 32.1. The number of furan rings is 1. The Hall–Kier alpha value is -3.59. The highest BCUT2D eigenvalue weighted by molar-refractivity contribution is 7.16. The Morgan fingerprint density at radius 3 is 2.77 bits per heavy atom. The van der Waals surface area contributed by atoms with Crippen LogP contribution in [-0.2, 0) is 16.1 Å². The fraction of sp³-hybridized carbons (Fsp3) is 0.190. The summed E-state index contributed by atoms with van der Waals surface area (Å²) in [4.78, 5) is 29.6. The number of ether oxygens (including phenoxy) is 3. The smallest absolute Gasteiger partial charge is 0.326 e. The molecule has 30 heavy (non-hydrogen) atoms. The number of nitrogens with zero attached hydrogens (tertiary/aromatic N) is 2. The van der Waals surface area contributed by atoms with Gasteiger partial charge in [-0.25, -0.2) is 0 Å². The molecule has 1 aliphatic rings. The molecule has 0 saturated carbocycles. The van der Waals surface area contributed by atoms with E-state index in [0.717, 1.165) is 10.1 Å². The van der Waals surface area contributed by atoms with Gasteiger partial charge in [0, 0.05) is 17.5 Å².